The fourth-order valence-electron chi connectivity index (χ4n) is 1.62. The molecule has 0 aliphatic heterocycles. The molecule has 0 bridgehead atoms. The van der Waals surface area contributed by atoms with E-state index in [-0.39, 0.29) is 12.1 Å². The van der Waals surface area contributed by atoms with E-state index in [1.807, 2.05) is 4.57 Å². The van der Waals surface area contributed by atoms with Crippen molar-refractivity contribution < 1.29 is 5.11 Å². The minimum absolute atomic E-state index is 0.0476. The van der Waals surface area contributed by atoms with Gasteiger partial charge >= 0.3 is 0 Å². The van der Waals surface area contributed by atoms with Gasteiger partial charge in [-0.2, -0.15) is 0 Å². The molecule has 0 aliphatic carbocycles. The van der Waals surface area contributed by atoms with Crippen LogP contribution in [0.3, 0.4) is 0 Å². The third-order valence-electron chi connectivity index (χ3n) is 2.08. The van der Waals surface area contributed by atoms with E-state index in [0.29, 0.717) is 5.82 Å². The van der Waals surface area contributed by atoms with E-state index in [1.165, 1.54) is 0 Å². The molecule has 80 valence electrons. The number of hydrogen-bond acceptors (Lipinski definition) is 3. The Kier molecular flexibility index (Phi) is 3.26. The Balaban J connectivity index is 3.13. The lowest BCUT2D eigenvalue weighted by molar-refractivity contribution is 0.247. The van der Waals surface area contributed by atoms with Crippen molar-refractivity contribution >= 4 is 0 Å². The van der Waals surface area contributed by atoms with Crippen LogP contribution in [-0.2, 0) is 18.6 Å². The molecule has 0 radical (unpaired) electrons. The van der Waals surface area contributed by atoms with E-state index in [4.69, 9.17) is 5.11 Å². The van der Waals surface area contributed by atoms with Crippen LogP contribution in [-0.4, -0.2) is 19.9 Å². The molecule has 1 aromatic heterocycles. The molecule has 1 heterocycles. The number of rotatable bonds is 3. The molecule has 1 aromatic rings. The van der Waals surface area contributed by atoms with E-state index >= 15 is 0 Å². The molecule has 0 fully saturated rings. The molecule has 0 atom stereocenters. The maximum atomic E-state index is 9.14. The second kappa shape index (κ2) is 4.09. The van der Waals surface area contributed by atoms with Crippen LogP contribution < -0.4 is 0 Å². The lowest BCUT2D eigenvalue weighted by atomic mass is 10.1. The third-order valence-corrected chi connectivity index (χ3v) is 2.08. The highest BCUT2D eigenvalue weighted by atomic mass is 16.3. The van der Waals surface area contributed by atoms with E-state index in [2.05, 4.69) is 37.9 Å². The SMILES string of the molecule is CCCc1nnc(CO)n1C(C)(C)C. The summed E-state index contributed by atoms with van der Waals surface area (Å²) in [7, 11) is 0. The summed E-state index contributed by atoms with van der Waals surface area (Å²) >= 11 is 0. The van der Waals surface area contributed by atoms with Gasteiger partial charge in [-0.05, 0) is 27.2 Å². The number of aromatic nitrogens is 3. The van der Waals surface area contributed by atoms with Crippen LogP contribution in [0.25, 0.3) is 0 Å². The topological polar surface area (TPSA) is 50.9 Å². The third kappa shape index (κ3) is 2.12. The van der Waals surface area contributed by atoms with Gasteiger partial charge in [0.2, 0.25) is 0 Å². The fraction of sp³-hybridized carbons (Fsp3) is 0.800. The minimum Gasteiger partial charge on any atom is -0.388 e. The van der Waals surface area contributed by atoms with E-state index in [0.717, 1.165) is 18.7 Å². The second-order valence-electron chi connectivity index (χ2n) is 4.45. The lowest BCUT2D eigenvalue weighted by Gasteiger charge is -2.24. The summed E-state index contributed by atoms with van der Waals surface area (Å²) in [5.74, 6) is 1.62. The van der Waals surface area contributed by atoms with E-state index in [1.54, 1.807) is 0 Å². The zero-order valence-corrected chi connectivity index (χ0v) is 9.41. The Labute approximate surface area is 85.0 Å². The number of hydrogen-bond donors (Lipinski definition) is 1. The highest BCUT2D eigenvalue weighted by Crippen LogP contribution is 2.19. The number of aliphatic hydroxyl groups is 1. The fourth-order valence-corrected chi connectivity index (χ4v) is 1.62. The largest absolute Gasteiger partial charge is 0.388 e. The summed E-state index contributed by atoms with van der Waals surface area (Å²) in [5, 5.41) is 17.2. The van der Waals surface area contributed by atoms with Gasteiger partial charge < -0.3 is 9.67 Å². The van der Waals surface area contributed by atoms with Gasteiger partial charge in [-0.15, -0.1) is 10.2 Å². The van der Waals surface area contributed by atoms with Gasteiger partial charge in [-0.1, -0.05) is 6.92 Å². The number of aryl methyl sites for hydroxylation is 1. The Morgan fingerprint density at radius 2 is 1.79 bits per heavy atom. The minimum atomic E-state index is -0.0634. The maximum Gasteiger partial charge on any atom is 0.159 e. The van der Waals surface area contributed by atoms with Crippen molar-refractivity contribution in [1.82, 2.24) is 14.8 Å². The second-order valence-corrected chi connectivity index (χ2v) is 4.45. The lowest BCUT2D eigenvalue weighted by Crippen LogP contribution is -2.26. The normalized spacial score (nSPS) is 12.1. The molecule has 4 nitrogen and oxygen atoms in total. The van der Waals surface area contributed by atoms with Crippen LogP contribution in [0, 0.1) is 0 Å². The van der Waals surface area contributed by atoms with Crippen molar-refractivity contribution in [2.75, 3.05) is 0 Å². The first-order valence-electron chi connectivity index (χ1n) is 5.05. The van der Waals surface area contributed by atoms with Gasteiger partial charge in [0.15, 0.2) is 5.82 Å². The van der Waals surface area contributed by atoms with Gasteiger partial charge in [0, 0.05) is 12.0 Å². The molecule has 14 heavy (non-hydrogen) atoms. The van der Waals surface area contributed by atoms with Gasteiger partial charge in [0.05, 0.1) is 0 Å². The maximum absolute atomic E-state index is 9.14. The molecule has 0 aromatic carbocycles. The van der Waals surface area contributed by atoms with Crippen LogP contribution in [0.1, 0.15) is 45.8 Å². The standard InChI is InChI=1S/C10H19N3O/c1-5-6-8-11-12-9(7-14)13(8)10(2,3)4/h14H,5-7H2,1-4H3. The first kappa shape index (κ1) is 11.2. The molecule has 0 saturated carbocycles. The van der Waals surface area contributed by atoms with Gasteiger partial charge in [0.25, 0.3) is 0 Å². The van der Waals surface area contributed by atoms with Crippen LogP contribution in [0.4, 0.5) is 0 Å². The highest BCUT2D eigenvalue weighted by Gasteiger charge is 2.21. The number of aliphatic hydroxyl groups excluding tert-OH is 1. The van der Waals surface area contributed by atoms with Crippen molar-refractivity contribution in [3.63, 3.8) is 0 Å². The molecule has 0 spiro atoms. The molecule has 1 rings (SSSR count). The molecule has 1 N–H and O–H groups in total. The van der Waals surface area contributed by atoms with E-state index in [9.17, 15) is 0 Å². The van der Waals surface area contributed by atoms with Gasteiger partial charge in [-0.3, -0.25) is 0 Å². The first-order valence-corrected chi connectivity index (χ1v) is 5.05. The molecule has 0 unspecified atom stereocenters. The van der Waals surface area contributed by atoms with Gasteiger partial charge in [0.1, 0.15) is 12.4 Å². The monoisotopic (exact) mass is 197 g/mol. The zero-order valence-electron chi connectivity index (χ0n) is 9.41. The van der Waals surface area contributed by atoms with Crippen LogP contribution in [0.15, 0.2) is 0 Å². The quantitative estimate of drug-likeness (QED) is 0.798. The summed E-state index contributed by atoms with van der Waals surface area (Å²) in [4.78, 5) is 0. The zero-order chi connectivity index (χ0) is 10.8. The molecular formula is C10H19N3O. The average molecular weight is 197 g/mol. The highest BCUT2D eigenvalue weighted by molar-refractivity contribution is 5.00. The first-order chi connectivity index (χ1) is 6.50. The van der Waals surface area contributed by atoms with Crippen LogP contribution >= 0.6 is 0 Å². The average Bonchev–Trinajstić information content (AvgIpc) is 2.47. The van der Waals surface area contributed by atoms with Crippen molar-refractivity contribution in [3.05, 3.63) is 11.6 Å². The molecule has 0 aliphatic rings. The Hall–Kier alpha value is -0.900. The summed E-state index contributed by atoms with van der Waals surface area (Å²) < 4.78 is 2.02. The van der Waals surface area contributed by atoms with Crippen LogP contribution in [0.5, 0.6) is 0 Å². The van der Waals surface area contributed by atoms with E-state index < -0.39 is 0 Å². The summed E-state index contributed by atoms with van der Waals surface area (Å²) in [5.41, 5.74) is -0.0634. The Bertz CT molecular complexity index is 299. The number of nitrogens with zero attached hydrogens (tertiary/aromatic N) is 3. The molecule has 0 amide bonds. The summed E-state index contributed by atoms with van der Waals surface area (Å²) in [6, 6.07) is 0. The Morgan fingerprint density at radius 3 is 2.21 bits per heavy atom. The predicted octanol–water partition coefficient (Wildman–Crippen LogP) is 1.48. The smallest absolute Gasteiger partial charge is 0.159 e. The van der Waals surface area contributed by atoms with Crippen LogP contribution in [0.2, 0.25) is 0 Å². The Morgan fingerprint density at radius 1 is 1.21 bits per heavy atom. The predicted molar refractivity (Wildman–Crippen MR) is 54.9 cm³/mol. The summed E-state index contributed by atoms with van der Waals surface area (Å²) in [6.07, 6.45) is 1.95. The van der Waals surface area contributed by atoms with Crippen molar-refractivity contribution in [3.8, 4) is 0 Å². The van der Waals surface area contributed by atoms with Crippen molar-refractivity contribution in [2.45, 2.75) is 52.7 Å². The van der Waals surface area contributed by atoms with Crippen molar-refractivity contribution in [2.24, 2.45) is 0 Å². The van der Waals surface area contributed by atoms with Crippen molar-refractivity contribution in [1.29, 1.82) is 0 Å². The summed E-state index contributed by atoms with van der Waals surface area (Å²) in [6.45, 7) is 8.34. The molecule has 0 saturated heterocycles. The molecular weight excluding hydrogens is 178 g/mol. The van der Waals surface area contributed by atoms with Gasteiger partial charge in [-0.25, -0.2) is 0 Å². The molecule has 4 heteroatoms.